The van der Waals surface area contributed by atoms with Crippen molar-refractivity contribution >= 4 is 11.8 Å². The van der Waals surface area contributed by atoms with Crippen molar-refractivity contribution in [2.24, 2.45) is 5.92 Å². The molecule has 2 atom stereocenters. The van der Waals surface area contributed by atoms with Crippen molar-refractivity contribution in [1.29, 1.82) is 0 Å². The molecule has 1 aliphatic rings. The molecule has 0 aromatic carbocycles. The van der Waals surface area contributed by atoms with E-state index in [2.05, 4.69) is 34.2 Å². The van der Waals surface area contributed by atoms with E-state index in [1.165, 1.54) is 25.7 Å². The minimum absolute atomic E-state index is 0.623. The van der Waals surface area contributed by atoms with Crippen LogP contribution in [-0.4, -0.2) is 30.1 Å². The van der Waals surface area contributed by atoms with Crippen molar-refractivity contribution in [3.63, 3.8) is 0 Å². The van der Waals surface area contributed by atoms with Crippen molar-refractivity contribution in [3.8, 4) is 0 Å². The van der Waals surface area contributed by atoms with Crippen LogP contribution in [0.15, 0.2) is 12.3 Å². The molecule has 1 aliphatic carbocycles. The van der Waals surface area contributed by atoms with E-state index < -0.39 is 0 Å². The van der Waals surface area contributed by atoms with E-state index in [-0.39, 0.29) is 0 Å². The summed E-state index contributed by atoms with van der Waals surface area (Å²) in [5, 5.41) is 2.99. The van der Waals surface area contributed by atoms with Crippen LogP contribution in [0.25, 0.3) is 0 Å². The predicted octanol–water partition coefficient (Wildman–Crippen LogP) is 2.53. The van der Waals surface area contributed by atoms with Gasteiger partial charge in [0.15, 0.2) is 0 Å². The zero-order chi connectivity index (χ0) is 12.3. The topological polar surface area (TPSA) is 41.1 Å². The first-order chi connectivity index (χ1) is 8.20. The van der Waals surface area contributed by atoms with E-state index in [0.29, 0.717) is 12.0 Å². The van der Waals surface area contributed by atoms with E-state index >= 15 is 0 Å². The van der Waals surface area contributed by atoms with E-state index in [9.17, 15) is 0 Å². The molecule has 0 aliphatic heterocycles. The van der Waals surface area contributed by atoms with Gasteiger partial charge in [0, 0.05) is 26.3 Å². The van der Waals surface area contributed by atoms with Gasteiger partial charge in [-0.3, -0.25) is 0 Å². The van der Waals surface area contributed by atoms with Crippen LogP contribution in [-0.2, 0) is 0 Å². The Hall–Kier alpha value is -1.32. The van der Waals surface area contributed by atoms with Crippen LogP contribution in [0.1, 0.15) is 32.6 Å². The lowest BCUT2D eigenvalue weighted by molar-refractivity contribution is 0.335. The molecular formula is C13H22N4. The Morgan fingerprint density at radius 2 is 2.24 bits per heavy atom. The average molecular weight is 234 g/mol. The van der Waals surface area contributed by atoms with Crippen LogP contribution in [0.2, 0.25) is 0 Å². The molecule has 0 bridgehead atoms. The Morgan fingerprint density at radius 1 is 1.41 bits per heavy atom. The zero-order valence-corrected chi connectivity index (χ0v) is 11.0. The highest BCUT2D eigenvalue weighted by atomic mass is 15.2. The smallest absolute Gasteiger partial charge is 0.224 e. The highest BCUT2D eigenvalue weighted by Crippen LogP contribution is 2.28. The lowest BCUT2D eigenvalue weighted by Gasteiger charge is -2.34. The van der Waals surface area contributed by atoms with Crippen LogP contribution in [0.3, 0.4) is 0 Å². The van der Waals surface area contributed by atoms with Crippen molar-refractivity contribution in [2.75, 3.05) is 24.3 Å². The van der Waals surface area contributed by atoms with Crippen LogP contribution in [0, 0.1) is 5.92 Å². The quantitative estimate of drug-likeness (QED) is 0.872. The van der Waals surface area contributed by atoms with Gasteiger partial charge in [-0.15, -0.1) is 0 Å². The zero-order valence-electron chi connectivity index (χ0n) is 11.0. The molecule has 1 aromatic heterocycles. The molecule has 4 nitrogen and oxygen atoms in total. The summed E-state index contributed by atoms with van der Waals surface area (Å²) in [4.78, 5) is 11.0. The first-order valence-corrected chi connectivity index (χ1v) is 6.44. The van der Waals surface area contributed by atoms with Gasteiger partial charge in [0.2, 0.25) is 5.95 Å². The monoisotopic (exact) mass is 234 g/mol. The molecule has 1 N–H and O–H groups in total. The van der Waals surface area contributed by atoms with E-state index in [0.717, 1.165) is 11.7 Å². The van der Waals surface area contributed by atoms with Crippen LogP contribution >= 0.6 is 0 Å². The molecule has 2 unspecified atom stereocenters. The maximum atomic E-state index is 4.50. The first-order valence-electron chi connectivity index (χ1n) is 6.44. The molecular weight excluding hydrogens is 212 g/mol. The molecule has 1 saturated carbocycles. The fourth-order valence-electron chi connectivity index (χ4n) is 2.61. The lowest BCUT2D eigenvalue weighted by Crippen LogP contribution is -2.36. The molecule has 17 heavy (non-hydrogen) atoms. The third-order valence-corrected chi connectivity index (χ3v) is 3.68. The standard InChI is InChI=1S/C13H22N4/c1-10-5-4-6-11(9-10)17(3)12-7-8-15-13(14-2)16-12/h7-8,10-11H,4-6,9H2,1-3H3,(H,14,15,16). The van der Waals surface area contributed by atoms with Gasteiger partial charge < -0.3 is 10.2 Å². The second kappa shape index (κ2) is 5.34. The summed E-state index contributed by atoms with van der Waals surface area (Å²) in [6, 6.07) is 2.61. The molecule has 0 amide bonds. The number of hydrogen-bond acceptors (Lipinski definition) is 4. The van der Waals surface area contributed by atoms with Gasteiger partial charge in [0.05, 0.1) is 0 Å². The molecule has 0 spiro atoms. The third kappa shape index (κ3) is 2.87. The summed E-state index contributed by atoms with van der Waals surface area (Å²) in [6.45, 7) is 2.35. The lowest BCUT2D eigenvalue weighted by atomic mass is 9.86. The molecule has 2 rings (SSSR count). The number of anilines is 2. The van der Waals surface area contributed by atoms with E-state index in [1.807, 2.05) is 19.3 Å². The van der Waals surface area contributed by atoms with E-state index in [4.69, 9.17) is 0 Å². The van der Waals surface area contributed by atoms with Crippen LogP contribution in [0.5, 0.6) is 0 Å². The van der Waals surface area contributed by atoms with Gasteiger partial charge in [-0.05, 0) is 24.8 Å². The Morgan fingerprint density at radius 3 is 2.94 bits per heavy atom. The molecule has 4 heteroatoms. The van der Waals surface area contributed by atoms with Gasteiger partial charge in [-0.2, -0.15) is 4.98 Å². The minimum atomic E-state index is 0.623. The van der Waals surface area contributed by atoms with Crippen molar-refractivity contribution < 1.29 is 0 Å². The van der Waals surface area contributed by atoms with Gasteiger partial charge in [0.25, 0.3) is 0 Å². The Kier molecular flexibility index (Phi) is 3.82. The largest absolute Gasteiger partial charge is 0.357 e. The third-order valence-electron chi connectivity index (χ3n) is 3.68. The summed E-state index contributed by atoms with van der Waals surface area (Å²) in [5.74, 6) is 2.54. The Labute approximate surface area is 103 Å². The average Bonchev–Trinajstić information content (AvgIpc) is 2.38. The fourth-order valence-corrected chi connectivity index (χ4v) is 2.61. The minimum Gasteiger partial charge on any atom is -0.357 e. The van der Waals surface area contributed by atoms with Gasteiger partial charge >= 0.3 is 0 Å². The van der Waals surface area contributed by atoms with Crippen molar-refractivity contribution in [3.05, 3.63) is 12.3 Å². The fraction of sp³-hybridized carbons (Fsp3) is 0.692. The molecule has 0 saturated heterocycles. The molecule has 1 heterocycles. The Balaban J connectivity index is 2.09. The number of nitrogens with one attached hydrogen (secondary N) is 1. The molecule has 94 valence electrons. The number of nitrogens with zero attached hydrogens (tertiary/aromatic N) is 3. The van der Waals surface area contributed by atoms with Crippen molar-refractivity contribution in [1.82, 2.24) is 9.97 Å². The van der Waals surface area contributed by atoms with Gasteiger partial charge in [0.1, 0.15) is 5.82 Å². The summed E-state index contributed by atoms with van der Waals surface area (Å²) in [7, 11) is 3.99. The Bertz CT molecular complexity index is 366. The predicted molar refractivity (Wildman–Crippen MR) is 71.4 cm³/mol. The van der Waals surface area contributed by atoms with Gasteiger partial charge in [-0.25, -0.2) is 4.98 Å². The summed E-state index contributed by atoms with van der Waals surface area (Å²) in [6.07, 6.45) is 7.07. The molecule has 0 radical (unpaired) electrons. The number of hydrogen-bond donors (Lipinski definition) is 1. The van der Waals surface area contributed by atoms with Gasteiger partial charge in [-0.1, -0.05) is 19.8 Å². The highest BCUT2D eigenvalue weighted by Gasteiger charge is 2.23. The van der Waals surface area contributed by atoms with Crippen LogP contribution < -0.4 is 10.2 Å². The van der Waals surface area contributed by atoms with Crippen molar-refractivity contribution in [2.45, 2.75) is 38.6 Å². The number of rotatable bonds is 3. The maximum Gasteiger partial charge on any atom is 0.224 e. The second-order valence-electron chi connectivity index (χ2n) is 5.02. The normalized spacial score (nSPS) is 24.4. The summed E-state index contributed by atoms with van der Waals surface area (Å²) >= 11 is 0. The number of aromatic nitrogens is 2. The summed E-state index contributed by atoms with van der Waals surface area (Å²) in [5.41, 5.74) is 0. The first kappa shape index (κ1) is 12.1. The molecule has 1 fully saturated rings. The summed E-state index contributed by atoms with van der Waals surface area (Å²) < 4.78 is 0. The second-order valence-corrected chi connectivity index (χ2v) is 5.02. The maximum absolute atomic E-state index is 4.50. The van der Waals surface area contributed by atoms with E-state index in [1.54, 1.807) is 0 Å². The van der Waals surface area contributed by atoms with Crippen LogP contribution in [0.4, 0.5) is 11.8 Å². The molecule has 1 aromatic rings. The highest BCUT2D eigenvalue weighted by molar-refractivity contribution is 5.42. The SMILES string of the molecule is CNc1nccc(N(C)C2CCCC(C)C2)n1.